The number of rotatable bonds is 4. The first kappa shape index (κ1) is 14.2. The highest BCUT2D eigenvalue weighted by atomic mass is 16.4. The lowest BCUT2D eigenvalue weighted by Gasteiger charge is -1.98. The Labute approximate surface area is 96.9 Å². The second kappa shape index (κ2) is 8.48. The highest BCUT2D eigenvalue weighted by Gasteiger charge is 2.07. The fraction of sp³-hybridized carbons (Fsp3) is 0.214. The van der Waals surface area contributed by atoms with Gasteiger partial charge in [-0.2, -0.15) is 0 Å². The Hall–Kier alpha value is -1.83. The van der Waals surface area contributed by atoms with Gasteiger partial charge in [0, 0.05) is 0 Å². The average molecular weight is 218 g/mol. The summed E-state index contributed by atoms with van der Waals surface area (Å²) >= 11 is 0. The first-order valence-corrected chi connectivity index (χ1v) is 5.18. The van der Waals surface area contributed by atoms with Crippen LogP contribution in [0.1, 0.15) is 18.9 Å². The van der Waals surface area contributed by atoms with Crippen LogP contribution < -0.4 is 0 Å². The molecule has 0 radical (unpaired) electrons. The molecule has 1 rings (SSSR count). The molecule has 2 heteroatoms. The Bertz CT molecular complexity index is 328. The number of benzene rings is 1. The zero-order valence-electron chi connectivity index (χ0n) is 9.60. The lowest BCUT2D eigenvalue weighted by molar-refractivity contribution is -0.140. The van der Waals surface area contributed by atoms with Gasteiger partial charge in [0.05, 0.1) is 5.92 Å². The van der Waals surface area contributed by atoms with Crippen LogP contribution in [0.4, 0.5) is 0 Å². The van der Waals surface area contributed by atoms with Crippen LogP contribution in [0.3, 0.4) is 0 Å². The molecule has 0 saturated carbocycles. The van der Waals surface area contributed by atoms with Gasteiger partial charge in [0.25, 0.3) is 0 Å². The van der Waals surface area contributed by atoms with E-state index >= 15 is 0 Å². The Kier molecular flexibility index (Phi) is 7.51. The van der Waals surface area contributed by atoms with Gasteiger partial charge in [0.1, 0.15) is 0 Å². The summed E-state index contributed by atoms with van der Waals surface area (Å²) in [5.74, 6) is -1.16. The summed E-state index contributed by atoms with van der Waals surface area (Å²) in [5, 5.41) is 8.30. The maximum absolute atomic E-state index is 10.1. The van der Waals surface area contributed by atoms with E-state index in [9.17, 15) is 4.79 Å². The summed E-state index contributed by atoms with van der Waals surface area (Å²) in [5.41, 5.74) is 1.17. The van der Waals surface area contributed by atoms with Gasteiger partial charge in [-0.25, -0.2) is 0 Å². The topological polar surface area (TPSA) is 37.3 Å². The van der Waals surface area contributed by atoms with Gasteiger partial charge in [-0.05, 0) is 12.0 Å². The average Bonchev–Trinajstić information content (AvgIpc) is 2.32. The van der Waals surface area contributed by atoms with E-state index in [4.69, 9.17) is 5.11 Å². The normalized spacial score (nSPS) is 10.6. The van der Waals surface area contributed by atoms with E-state index in [0.717, 1.165) is 0 Å². The molecule has 0 aromatic heterocycles. The molecule has 1 atom stereocenters. The van der Waals surface area contributed by atoms with Crippen molar-refractivity contribution in [2.45, 2.75) is 13.3 Å². The molecule has 0 fully saturated rings. The molecular weight excluding hydrogens is 200 g/mol. The smallest absolute Gasteiger partial charge is 0.310 e. The first-order chi connectivity index (χ1) is 7.65. The SMILES string of the molecule is C=CC(CC)C(=O)O.C=Cc1ccccc1. The largest absolute Gasteiger partial charge is 0.481 e. The predicted octanol–water partition coefficient (Wildman–Crippen LogP) is 3.61. The lowest BCUT2D eigenvalue weighted by atomic mass is 10.1. The Morgan fingerprint density at radius 3 is 2.12 bits per heavy atom. The van der Waals surface area contributed by atoms with E-state index in [2.05, 4.69) is 13.2 Å². The van der Waals surface area contributed by atoms with Gasteiger partial charge >= 0.3 is 5.97 Å². The van der Waals surface area contributed by atoms with Crippen molar-refractivity contribution in [2.75, 3.05) is 0 Å². The summed E-state index contributed by atoms with van der Waals surface area (Å²) in [6, 6.07) is 10.0. The fourth-order valence-electron chi connectivity index (χ4n) is 1.03. The summed E-state index contributed by atoms with van der Waals surface area (Å²) in [7, 11) is 0. The molecular formula is C14H18O2. The van der Waals surface area contributed by atoms with Crippen molar-refractivity contribution in [2.24, 2.45) is 5.92 Å². The third-order valence-electron chi connectivity index (χ3n) is 2.08. The number of carboxylic acids is 1. The minimum Gasteiger partial charge on any atom is -0.481 e. The summed E-state index contributed by atoms with van der Waals surface area (Å²) in [4.78, 5) is 10.1. The molecule has 1 N–H and O–H groups in total. The number of carbonyl (C=O) groups is 1. The van der Waals surface area contributed by atoms with Crippen LogP contribution in [0.25, 0.3) is 6.08 Å². The molecule has 2 nitrogen and oxygen atoms in total. The molecule has 0 heterocycles. The summed E-state index contributed by atoms with van der Waals surface area (Å²) in [6.45, 7) is 8.82. The molecule has 1 unspecified atom stereocenters. The van der Waals surface area contributed by atoms with Crippen molar-refractivity contribution in [1.29, 1.82) is 0 Å². The van der Waals surface area contributed by atoms with E-state index < -0.39 is 5.97 Å². The van der Waals surface area contributed by atoms with Crippen molar-refractivity contribution < 1.29 is 9.90 Å². The minimum absolute atomic E-state index is 0.366. The Balaban J connectivity index is 0.000000281. The summed E-state index contributed by atoms with van der Waals surface area (Å²) < 4.78 is 0. The van der Waals surface area contributed by atoms with Gasteiger partial charge in [-0.3, -0.25) is 4.79 Å². The number of carboxylic acid groups (broad SMARTS) is 1. The van der Waals surface area contributed by atoms with E-state index in [-0.39, 0.29) is 5.92 Å². The maximum atomic E-state index is 10.1. The molecule has 1 aromatic carbocycles. The molecule has 16 heavy (non-hydrogen) atoms. The second-order valence-electron chi connectivity index (χ2n) is 3.20. The van der Waals surface area contributed by atoms with E-state index in [1.54, 1.807) is 0 Å². The summed E-state index contributed by atoms with van der Waals surface area (Å²) in [6.07, 6.45) is 3.90. The van der Waals surface area contributed by atoms with E-state index in [0.29, 0.717) is 6.42 Å². The highest BCUT2D eigenvalue weighted by Crippen LogP contribution is 2.01. The van der Waals surface area contributed by atoms with E-state index in [1.807, 2.05) is 43.3 Å². The molecule has 0 spiro atoms. The molecule has 0 aliphatic rings. The minimum atomic E-state index is -0.789. The van der Waals surface area contributed by atoms with Crippen molar-refractivity contribution in [3.8, 4) is 0 Å². The van der Waals surface area contributed by atoms with E-state index in [1.165, 1.54) is 11.6 Å². The predicted molar refractivity (Wildman–Crippen MR) is 68.1 cm³/mol. The van der Waals surface area contributed by atoms with Gasteiger partial charge in [-0.15, -0.1) is 6.58 Å². The van der Waals surface area contributed by atoms with Crippen LogP contribution in [0.5, 0.6) is 0 Å². The van der Waals surface area contributed by atoms with Gasteiger partial charge in [0.2, 0.25) is 0 Å². The molecule has 1 aromatic rings. The molecule has 0 saturated heterocycles. The Morgan fingerprint density at radius 2 is 1.94 bits per heavy atom. The van der Waals surface area contributed by atoms with Crippen LogP contribution in [-0.4, -0.2) is 11.1 Å². The zero-order chi connectivity index (χ0) is 12.4. The van der Waals surface area contributed by atoms with Crippen LogP contribution in [0.2, 0.25) is 0 Å². The lowest BCUT2D eigenvalue weighted by Crippen LogP contribution is -2.08. The molecule has 0 bridgehead atoms. The number of hydrogen-bond acceptors (Lipinski definition) is 1. The Morgan fingerprint density at radius 1 is 1.38 bits per heavy atom. The molecule has 86 valence electrons. The quantitative estimate of drug-likeness (QED) is 0.784. The molecule has 0 aliphatic heterocycles. The van der Waals surface area contributed by atoms with Crippen LogP contribution in [-0.2, 0) is 4.79 Å². The van der Waals surface area contributed by atoms with Gasteiger partial charge in [0.15, 0.2) is 0 Å². The van der Waals surface area contributed by atoms with Crippen LogP contribution >= 0.6 is 0 Å². The van der Waals surface area contributed by atoms with Crippen molar-refractivity contribution in [3.05, 3.63) is 55.1 Å². The standard InChI is InChI=1S/C8H8.C6H10O2/c1-2-8-6-4-3-5-7-8;1-3-5(4-2)6(7)8/h2-7H,1H2;3,5H,1,4H2,2H3,(H,7,8). The molecule has 0 amide bonds. The number of hydrogen-bond donors (Lipinski definition) is 1. The van der Waals surface area contributed by atoms with Gasteiger partial charge < -0.3 is 5.11 Å². The first-order valence-electron chi connectivity index (χ1n) is 5.18. The van der Waals surface area contributed by atoms with Crippen LogP contribution in [0, 0.1) is 5.92 Å². The maximum Gasteiger partial charge on any atom is 0.310 e. The van der Waals surface area contributed by atoms with Crippen molar-refractivity contribution in [3.63, 3.8) is 0 Å². The third-order valence-corrected chi connectivity index (χ3v) is 2.08. The number of aliphatic carboxylic acids is 1. The van der Waals surface area contributed by atoms with Crippen LogP contribution in [0.15, 0.2) is 49.6 Å². The van der Waals surface area contributed by atoms with Crippen molar-refractivity contribution in [1.82, 2.24) is 0 Å². The second-order valence-corrected chi connectivity index (χ2v) is 3.20. The monoisotopic (exact) mass is 218 g/mol. The fourth-order valence-corrected chi connectivity index (χ4v) is 1.03. The van der Waals surface area contributed by atoms with Crippen molar-refractivity contribution >= 4 is 12.0 Å². The highest BCUT2D eigenvalue weighted by molar-refractivity contribution is 5.71. The molecule has 0 aliphatic carbocycles. The third kappa shape index (κ3) is 5.81. The van der Waals surface area contributed by atoms with Gasteiger partial charge in [-0.1, -0.05) is 56.0 Å². The zero-order valence-corrected chi connectivity index (χ0v) is 9.60.